The Hall–Kier alpha value is -2.66. The van der Waals surface area contributed by atoms with Crippen molar-refractivity contribution < 1.29 is 27.5 Å². The van der Waals surface area contributed by atoms with Gasteiger partial charge in [0, 0.05) is 32.4 Å². The maximum absolute atomic E-state index is 13.0. The molecule has 29 heavy (non-hydrogen) atoms. The van der Waals surface area contributed by atoms with E-state index in [0.717, 1.165) is 24.2 Å². The van der Waals surface area contributed by atoms with Gasteiger partial charge in [-0.25, -0.2) is 4.98 Å². The van der Waals surface area contributed by atoms with Gasteiger partial charge in [-0.05, 0) is 31.2 Å². The van der Waals surface area contributed by atoms with E-state index in [-0.39, 0.29) is 16.7 Å². The van der Waals surface area contributed by atoms with Crippen LogP contribution in [0.25, 0.3) is 11.0 Å². The minimum atomic E-state index is -4.59. The number of benzene rings is 1. The molecule has 1 aliphatic rings. The molecule has 3 rings (SSSR count). The molecule has 0 radical (unpaired) electrons. The number of hydrogen-bond donors (Lipinski definition) is 2. The van der Waals surface area contributed by atoms with Crippen LogP contribution in [-0.4, -0.2) is 65.7 Å². The van der Waals surface area contributed by atoms with E-state index in [2.05, 4.69) is 20.5 Å². The number of carbonyl (C=O) groups excluding carboxylic acids is 2. The number of anilines is 1. The molecule has 0 saturated carbocycles. The number of alkyl halides is 3. The number of rotatable bonds is 5. The van der Waals surface area contributed by atoms with Gasteiger partial charge in [0.2, 0.25) is 5.82 Å². The Labute approximate surface area is 165 Å². The number of nitrogens with zero attached hydrogens (tertiary/aromatic N) is 3. The molecule has 1 saturated heterocycles. The number of nitrogens with one attached hydrogen (secondary N) is 2. The highest BCUT2D eigenvalue weighted by Crippen LogP contribution is 2.31. The van der Waals surface area contributed by atoms with E-state index >= 15 is 0 Å². The largest absolute Gasteiger partial charge is 0.449 e. The van der Waals surface area contributed by atoms with E-state index in [1.165, 1.54) is 25.2 Å². The average molecular weight is 413 g/mol. The van der Waals surface area contributed by atoms with E-state index in [0.29, 0.717) is 26.2 Å². The van der Waals surface area contributed by atoms with Crippen LogP contribution < -0.4 is 10.6 Å². The summed E-state index contributed by atoms with van der Waals surface area (Å²) < 4.78 is 45.1. The molecular formula is C18H22F3N5O3. The van der Waals surface area contributed by atoms with Gasteiger partial charge < -0.3 is 19.9 Å². The number of carbonyl (C=O) groups is 2. The van der Waals surface area contributed by atoms with E-state index in [9.17, 15) is 22.8 Å². The van der Waals surface area contributed by atoms with Gasteiger partial charge in [-0.15, -0.1) is 0 Å². The fraction of sp³-hybridized carbons (Fsp3) is 0.500. The highest BCUT2D eigenvalue weighted by molar-refractivity contribution is 6.39. The van der Waals surface area contributed by atoms with Gasteiger partial charge in [0.1, 0.15) is 0 Å². The van der Waals surface area contributed by atoms with E-state index in [1.54, 1.807) is 0 Å². The van der Waals surface area contributed by atoms with Crippen molar-refractivity contribution >= 4 is 28.5 Å². The number of aryl methyl sites for hydroxylation is 1. The molecule has 1 aromatic carbocycles. The zero-order valence-electron chi connectivity index (χ0n) is 15.9. The number of morpholine rings is 1. The van der Waals surface area contributed by atoms with Crippen LogP contribution in [0, 0.1) is 0 Å². The Balaban J connectivity index is 1.52. The lowest BCUT2D eigenvalue weighted by Crippen LogP contribution is -2.39. The lowest BCUT2D eigenvalue weighted by molar-refractivity contribution is -0.146. The van der Waals surface area contributed by atoms with Crippen LogP contribution in [0.15, 0.2) is 18.2 Å². The number of ether oxygens (including phenoxy) is 1. The summed E-state index contributed by atoms with van der Waals surface area (Å²) in [6.07, 6.45) is -3.89. The summed E-state index contributed by atoms with van der Waals surface area (Å²) in [5.41, 5.74) is 0.532. The predicted molar refractivity (Wildman–Crippen MR) is 99.2 cm³/mol. The van der Waals surface area contributed by atoms with Crippen LogP contribution in [0.1, 0.15) is 12.2 Å². The molecule has 0 atom stereocenters. The first-order chi connectivity index (χ1) is 13.8. The fourth-order valence-corrected chi connectivity index (χ4v) is 3.13. The van der Waals surface area contributed by atoms with Crippen LogP contribution in [0.3, 0.4) is 0 Å². The first kappa shape index (κ1) is 21.1. The molecule has 2 heterocycles. The number of imidazole rings is 1. The topological polar surface area (TPSA) is 88.5 Å². The van der Waals surface area contributed by atoms with Gasteiger partial charge in [-0.3, -0.25) is 14.5 Å². The molecule has 8 nitrogen and oxygen atoms in total. The minimum absolute atomic E-state index is 0.0727. The molecule has 158 valence electrons. The standard InChI is InChI=1S/C18H22F3N5O3/c1-25-14-4-3-12(11-13(14)24-17(25)18(19,20)21)23-16(28)15(27)22-5-2-6-26-7-9-29-10-8-26/h3-4,11H,2,5-10H2,1H3,(H,22,27)(H,23,28). The summed E-state index contributed by atoms with van der Waals surface area (Å²) in [6.45, 7) is 4.22. The summed E-state index contributed by atoms with van der Waals surface area (Å²) in [5.74, 6) is -2.72. The smallest absolute Gasteiger partial charge is 0.379 e. The van der Waals surface area contributed by atoms with Crippen LogP contribution in [0.5, 0.6) is 0 Å². The summed E-state index contributed by atoms with van der Waals surface area (Å²) in [6, 6.07) is 4.13. The quantitative estimate of drug-likeness (QED) is 0.571. The number of fused-ring (bicyclic) bond motifs is 1. The molecule has 0 aliphatic carbocycles. The number of aromatic nitrogens is 2. The second-order valence-corrected chi connectivity index (χ2v) is 6.71. The maximum atomic E-state index is 13.0. The van der Waals surface area contributed by atoms with E-state index in [4.69, 9.17) is 4.74 Å². The third-order valence-corrected chi connectivity index (χ3v) is 4.64. The molecular weight excluding hydrogens is 391 g/mol. The molecule has 2 aromatic rings. The predicted octanol–water partition coefficient (Wildman–Crippen LogP) is 1.37. The van der Waals surface area contributed by atoms with E-state index < -0.39 is 23.8 Å². The molecule has 0 spiro atoms. The van der Waals surface area contributed by atoms with Gasteiger partial charge in [0.25, 0.3) is 0 Å². The fourth-order valence-electron chi connectivity index (χ4n) is 3.13. The maximum Gasteiger partial charge on any atom is 0.449 e. The SMILES string of the molecule is Cn1c(C(F)(F)F)nc2cc(NC(=O)C(=O)NCCCN3CCOCC3)ccc21. The van der Waals surface area contributed by atoms with Crippen molar-refractivity contribution in [3.63, 3.8) is 0 Å². The van der Waals surface area contributed by atoms with Crippen LogP contribution in [-0.2, 0) is 27.5 Å². The van der Waals surface area contributed by atoms with Crippen molar-refractivity contribution in [2.75, 3.05) is 44.7 Å². The van der Waals surface area contributed by atoms with Gasteiger partial charge in [0.15, 0.2) is 0 Å². The molecule has 0 bridgehead atoms. The Morgan fingerprint density at radius 3 is 2.62 bits per heavy atom. The minimum Gasteiger partial charge on any atom is -0.379 e. The third-order valence-electron chi connectivity index (χ3n) is 4.64. The zero-order chi connectivity index (χ0) is 21.0. The van der Waals surface area contributed by atoms with Crippen molar-refractivity contribution in [2.24, 2.45) is 7.05 Å². The van der Waals surface area contributed by atoms with E-state index in [1.807, 2.05) is 0 Å². The average Bonchev–Trinajstić information content (AvgIpc) is 3.02. The Morgan fingerprint density at radius 2 is 1.93 bits per heavy atom. The Bertz CT molecular complexity index is 891. The van der Waals surface area contributed by atoms with Gasteiger partial charge >= 0.3 is 18.0 Å². The number of halogens is 3. The summed E-state index contributed by atoms with van der Waals surface area (Å²) in [4.78, 5) is 29.7. The van der Waals surface area contributed by atoms with Gasteiger partial charge in [-0.1, -0.05) is 0 Å². The second kappa shape index (κ2) is 8.78. The first-order valence-electron chi connectivity index (χ1n) is 9.18. The van der Waals surface area contributed by atoms with Crippen molar-refractivity contribution in [3.8, 4) is 0 Å². The summed E-state index contributed by atoms with van der Waals surface area (Å²) in [5, 5.41) is 4.92. The Morgan fingerprint density at radius 1 is 1.21 bits per heavy atom. The molecule has 2 N–H and O–H groups in total. The molecule has 1 aliphatic heterocycles. The molecule has 0 unspecified atom stereocenters. The van der Waals surface area contributed by atoms with Gasteiger partial charge in [0.05, 0.1) is 24.2 Å². The van der Waals surface area contributed by atoms with Crippen LogP contribution in [0.2, 0.25) is 0 Å². The molecule has 1 aromatic heterocycles. The third kappa shape index (κ3) is 5.24. The van der Waals surface area contributed by atoms with Crippen molar-refractivity contribution in [1.82, 2.24) is 19.8 Å². The summed E-state index contributed by atoms with van der Waals surface area (Å²) >= 11 is 0. The molecule has 11 heteroatoms. The zero-order valence-corrected chi connectivity index (χ0v) is 15.9. The lowest BCUT2D eigenvalue weighted by Gasteiger charge is -2.26. The number of hydrogen-bond acceptors (Lipinski definition) is 5. The summed E-state index contributed by atoms with van der Waals surface area (Å²) in [7, 11) is 1.26. The van der Waals surface area contributed by atoms with Crippen LogP contribution >= 0.6 is 0 Å². The highest BCUT2D eigenvalue weighted by Gasteiger charge is 2.36. The second-order valence-electron chi connectivity index (χ2n) is 6.71. The lowest BCUT2D eigenvalue weighted by atomic mass is 10.2. The first-order valence-corrected chi connectivity index (χ1v) is 9.18. The van der Waals surface area contributed by atoms with Crippen molar-refractivity contribution in [1.29, 1.82) is 0 Å². The van der Waals surface area contributed by atoms with Crippen molar-refractivity contribution in [3.05, 3.63) is 24.0 Å². The van der Waals surface area contributed by atoms with Crippen LogP contribution in [0.4, 0.5) is 18.9 Å². The highest BCUT2D eigenvalue weighted by atomic mass is 19.4. The monoisotopic (exact) mass is 413 g/mol. The normalized spacial score (nSPS) is 15.4. The van der Waals surface area contributed by atoms with Crippen molar-refractivity contribution in [2.45, 2.75) is 12.6 Å². The molecule has 2 amide bonds. The molecule has 1 fully saturated rings. The Kier molecular flexibility index (Phi) is 6.38. The van der Waals surface area contributed by atoms with Gasteiger partial charge in [-0.2, -0.15) is 13.2 Å². The number of amides is 2.